The molecule has 0 saturated heterocycles. The minimum Gasteiger partial charge on any atom is -0.328 e. The van der Waals surface area contributed by atoms with E-state index in [-0.39, 0.29) is 23.2 Å². The highest BCUT2D eigenvalue weighted by molar-refractivity contribution is 6.04. The van der Waals surface area contributed by atoms with Crippen molar-refractivity contribution in [3.63, 3.8) is 0 Å². The average Bonchev–Trinajstić information content (AvgIpc) is 3.21. The molecule has 5 rings (SSSR count). The third-order valence-electron chi connectivity index (χ3n) is 5.50. The van der Waals surface area contributed by atoms with Gasteiger partial charge >= 0.3 is 0 Å². The van der Waals surface area contributed by atoms with Gasteiger partial charge in [-0.15, -0.1) is 10.2 Å². The van der Waals surface area contributed by atoms with Gasteiger partial charge in [-0.1, -0.05) is 48.5 Å². The zero-order valence-electron chi connectivity index (χ0n) is 16.7. The molecule has 150 valence electrons. The molecule has 1 aliphatic rings. The van der Waals surface area contributed by atoms with E-state index in [0.717, 1.165) is 17.2 Å². The number of rotatable bonds is 2. The van der Waals surface area contributed by atoms with Crippen LogP contribution in [0.5, 0.6) is 0 Å². The Bertz CT molecular complexity index is 1320. The Balaban J connectivity index is 1.53. The van der Waals surface area contributed by atoms with Gasteiger partial charge in [0.1, 0.15) is 0 Å². The van der Waals surface area contributed by atoms with Gasteiger partial charge in [0.05, 0.1) is 18.0 Å². The first-order valence-electron chi connectivity index (χ1n) is 9.79. The van der Waals surface area contributed by atoms with Crippen molar-refractivity contribution in [3.8, 4) is 11.4 Å². The molecule has 8 heteroatoms. The van der Waals surface area contributed by atoms with Crippen molar-refractivity contribution >= 4 is 16.7 Å². The van der Waals surface area contributed by atoms with Crippen LogP contribution in [0.4, 0.5) is 0 Å². The summed E-state index contributed by atoms with van der Waals surface area (Å²) in [7, 11) is 1.56. The van der Waals surface area contributed by atoms with Gasteiger partial charge in [0.15, 0.2) is 17.3 Å². The number of amides is 1. The first-order valence-corrected chi connectivity index (χ1v) is 9.79. The van der Waals surface area contributed by atoms with Gasteiger partial charge in [-0.25, -0.2) is 4.68 Å². The Morgan fingerprint density at radius 1 is 1.00 bits per heavy atom. The van der Waals surface area contributed by atoms with E-state index in [1.807, 2.05) is 43.3 Å². The second-order valence-corrected chi connectivity index (χ2v) is 7.53. The Labute approximate surface area is 172 Å². The number of nitrogens with zero attached hydrogens (tertiary/aromatic N) is 6. The Kier molecular flexibility index (Phi) is 4.20. The highest BCUT2D eigenvalue weighted by Crippen LogP contribution is 2.28. The van der Waals surface area contributed by atoms with Crippen molar-refractivity contribution in [2.75, 3.05) is 6.54 Å². The summed E-state index contributed by atoms with van der Waals surface area (Å²) in [6, 6.07) is 17.0. The lowest BCUT2D eigenvalue weighted by atomic mass is 10.1. The summed E-state index contributed by atoms with van der Waals surface area (Å²) >= 11 is 0. The number of aromatic nitrogens is 5. The van der Waals surface area contributed by atoms with Gasteiger partial charge in [-0.05, 0) is 13.0 Å². The number of hydrogen-bond donors (Lipinski definition) is 0. The van der Waals surface area contributed by atoms with Crippen molar-refractivity contribution in [1.29, 1.82) is 0 Å². The minimum absolute atomic E-state index is 0.00158. The zero-order valence-corrected chi connectivity index (χ0v) is 16.7. The molecule has 0 N–H and O–H groups in total. The average molecular weight is 400 g/mol. The molecule has 2 aromatic carbocycles. The molecular formula is C22H20N6O2. The molecule has 0 bridgehead atoms. The maximum atomic E-state index is 13.4. The number of carbonyl (C=O) groups is 1. The standard InChI is InChI=1S/C22H20N6O2/c1-14-12-27(13-18-23-24-20(28(14)18)15-8-4-3-5-9-15)22(30)19-16-10-6-7-11-17(16)21(29)26(2)25-19/h3-11,14H,12-13H2,1-2H3/t14-/m0/s1. The van der Waals surface area contributed by atoms with E-state index in [0.29, 0.717) is 23.9 Å². The second-order valence-electron chi connectivity index (χ2n) is 7.53. The van der Waals surface area contributed by atoms with Gasteiger partial charge in [0, 0.05) is 24.5 Å². The quantitative estimate of drug-likeness (QED) is 0.516. The predicted octanol–water partition coefficient (Wildman–Crippen LogP) is 2.41. The molecular weight excluding hydrogens is 380 g/mol. The number of benzene rings is 2. The number of hydrogen-bond acceptors (Lipinski definition) is 5. The molecule has 0 radical (unpaired) electrons. The molecule has 2 aromatic heterocycles. The molecule has 4 aromatic rings. The van der Waals surface area contributed by atoms with Gasteiger partial charge in [-0.3, -0.25) is 9.59 Å². The molecule has 0 saturated carbocycles. The van der Waals surface area contributed by atoms with E-state index >= 15 is 0 Å². The van der Waals surface area contributed by atoms with Crippen molar-refractivity contribution in [3.05, 3.63) is 76.5 Å². The van der Waals surface area contributed by atoms with Crippen LogP contribution >= 0.6 is 0 Å². The molecule has 1 aliphatic heterocycles. The first-order chi connectivity index (χ1) is 14.5. The maximum Gasteiger partial charge on any atom is 0.275 e. The third kappa shape index (κ3) is 2.80. The number of aryl methyl sites for hydroxylation is 1. The van der Waals surface area contributed by atoms with Crippen LogP contribution in [0.3, 0.4) is 0 Å². The topological polar surface area (TPSA) is 85.9 Å². The van der Waals surface area contributed by atoms with Crippen LogP contribution in [0, 0.1) is 0 Å². The summed E-state index contributed by atoms with van der Waals surface area (Å²) in [6.07, 6.45) is 0. The third-order valence-corrected chi connectivity index (χ3v) is 5.50. The first kappa shape index (κ1) is 18.2. The lowest BCUT2D eigenvalue weighted by Gasteiger charge is -2.32. The highest BCUT2D eigenvalue weighted by Gasteiger charge is 2.31. The van der Waals surface area contributed by atoms with E-state index in [4.69, 9.17) is 0 Å². The highest BCUT2D eigenvalue weighted by atomic mass is 16.2. The van der Waals surface area contributed by atoms with Crippen LogP contribution in [0.15, 0.2) is 59.4 Å². The van der Waals surface area contributed by atoms with E-state index in [1.165, 1.54) is 4.68 Å². The molecule has 30 heavy (non-hydrogen) atoms. The molecule has 1 amide bonds. The van der Waals surface area contributed by atoms with Crippen molar-refractivity contribution in [2.45, 2.75) is 19.5 Å². The fraction of sp³-hybridized carbons (Fsp3) is 0.227. The molecule has 0 fully saturated rings. The summed E-state index contributed by atoms with van der Waals surface area (Å²) in [4.78, 5) is 27.5. The molecule has 8 nitrogen and oxygen atoms in total. The predicted molar refractivity (Wildman–Crippen MR) is 112 cm³/mol. The summed E-state index contributed by atoms with van der Waals surface area (Å²) in [5, 5.41) is 14.1. The maximum absolute atomic E-state index is 13.4. The van der Waals surface area contributed by atoms with Gasteiger partial charge in [-0.2, -0.15) is 5.10 Å². The molecule has 0 spiro atoms. The van der Waals surface area contributed by atoms with E-state index in [9.17, 15) is 9.59 Å². The van der Waals surface area contributed by atoms with Crippen molar-refractivity contribution in [2.24, 2.45) is 7.05 Å². The van der Waals surface area contributed by atoms with E-state index in [2.05, 4.69) is 19.9 Å². The minimum atomic E-state index is -0.221. The van der Waals surface area contributed by atoms with Crippen LogP contribution in [-0.4, -0.2) is 41.9 Å². The fourth-order valence-electron chi connectivity index (χ4n) is 4.08. The van der Waals surface area contributed by atoms with Crippen LogP contribution in [0.25, 0.3) is 22.2 Å². The van der Waals surface area contributed by atoms with Crippen LogP contribution in [0.2, 0.25) is 0 Å². The normalized spacial score (nSPS) is 15.9. The molecule has 1 atom stereocenters. The Morgan fingerprint density at radius 2 is 1.70 bits per heavy atom. The Morgan fingerprint density at radius 3 is 2.47 bits per heavy atom. The number of fused-ring (bicyclic) bond motifs is 2. The van der Waals surface area contributed by atoms with Crippen LogP contribution in [-0.2, 0) is 13.6 Å². The van der Waals surface area contributed by atoms with Crippen molar-refractivity contribution in [1.82, 2.24) is 29.4 Å². The summed E-state index contributed by atoms with van der Waals surface area (Å²) in [5.41, 5.74) is 1.05. The lowest BCUT2D eigenvalue weighted by Crippen LogP contribution is -2.41. The molecule has 3 heterocycles. The summed E-state index contributed by atoms with van der Waals surface area (Å²) in [5.74, 6) is 1.31. The largest absolute Gasteiger partial charge is 0.328 e. The van der Waals surface area contributed by atoms with Crippen LogP contribution < -0.4 is 5.56 Å². The fourth-order valence-corrected chi connectivity index (χ4v) is 4.08. The smallest absolute Gasteiger partial charge is 0.275 e. The number of carbonyl (C=O) groups excluding carboxylic acids is 1. The monoisotopic (exact) mass is 400 g/mol. The van der Waals surface area contributed by atoms with Crippen LogP contribution in [0.1, 0.15) is 29.3 Å². The SMILES string of the molecule is C[C@H]1CN(C(=O)c2nn(C)c(=O)c3ccccc23)Cc2nnc(-c3ccccc3)n21. The van der Waals surface area contributed by atoms with Crippen molar-refractivity contribution < 1.29 is 4.79 Å². The van der Waals surface area contributed by atoms with E-state index in [1.54, 1.807) is 30.1 Å². The molecule has 0 aliphatic carbocycles. The summed E-state index contributed by atoms with van der Waals surface area (Å²) < 4.78 is 3.31. The lowest BCUT2D eigenvalue weighted by molar-refractivity contribution is 0.0676. The zero-order chi connectivity index (χ0) is 20.8. The van der Waals surface area contributed by atoms with Gasteiger partial charge < -0.3 is 9.47 Å². The Hall–Kier alpha value is -3.81. The van der Waals surface area contributed by atoms with E-state index < -0.39 is 0 Å². The van der Waals surface area contributed by atoms with Gasteiger partial charge in [0.2, 0.25) is 0 Å². The summed E-state index contributed by atoms with van der Waals surface area (Å²) in [6.45, 7) is 2.88. The molecule has 0 unspecified atom stereocenters. The van der Waals surface area contributed by atoms with Gasteiger partial charge in [0.25, 0.3) is 11.5 Å². The second kappa shape index (κ2) is 6.91.